The highest BCUT2D eigenvalue weighted by Gasteiger charge is 2.38. The zero-order valence-corrected chi connectivity index (χ0v) is 13.1. The molecule has 0 unspecified atom stereocenters. The maximum Gasteiger partial charge on any atom is 0.192 e. The first-order valence-electron chi connectivity index (χ1n) is 6.23. The van der Waals surface area contributed by atoms with Gasteiger partial charge < -0.3 is 9.16 Å². The average Bonchev–Trinajstić information content (AvgIpc) is 2.20. The minimum absolute atomic E-state index is 0.0979. The molecule has 1 atom stereocenters. The van der Waals surface area contributed by atoms with Gasteiger partial charge in [-0.1, -0.05) is 32.9 Å². The summed E-state index contributed by atoms with van der Waals surface area (Å²) < 4.78 is 11.6. The summed E-state index contributed by atoms with van der Waals surface area (Å²) in [5.41, 5.74) is 0. The second-order valence-corrected chi connectivity index (χ2v) is 10.6. The highest BCUT2D eigenvalue weighted by atomic mass is 28.4. The fourth-order valence-electron chi connectivity index (χ4n) is 1.15. The lowest BCUT2D eigenvalue weighted by Gasteiger charge is -2.38. The van der Waals surface area contributed by atoms with Gasteiger partial charge >= 0.3 is 0 Å². The normalized spacial score (nSPS) is 14.4. The van der Waals surface area contributed by atoms with E-state index in [0.717, 1.165) is 6.42 Å². The van der Waals surface area contributed by atoms with E-state index in [1.165, 1.54) is 0 Å². The van der Waals surface area contributed by atoms with Gasteiger partial charge in [0.1, 0.15) is 0 Å². The van der Waals surface area contributed by atoms with Gasteiger partial charge in [-0.05, 0) is 24.6 Å². The molecule has 0 saturated carbocycles. The lowest BCUT2D eigenvalue weighted by atomic mass is 10.2. The first-order valence-corrected chi connectivity index (χ1v) is 9.14. The van der Waals surface area contributed by atoms with Crippen LogP contribution < -0.4 is 0 Å². The summed E-state index contributed by atoms with van der Waals surface area (Å²) in [7, 11) is -1.70. The summed E-state index contributed by atoms with van der Waals surface area (Å²) in [6.45, 7) is 20.0. The first kappa shape index (κ1) is 16.6. The van der Waals surface area contributed by atoms with Gasteiger partial charge in [-0.2, -0.15) is 0 Å². The molecule has 0 aliphatic rings. The largest absolute Gasteiger partial charge is 0.410 e. The third kappa shape index (κ3) is 6.20. The van der Waals surface area contributed by atoms with Crippen molar-refractivity contribution < 1.29 is 9.16 Å². The lowest BCUT2D eigenvalue weighted by Crippen LogP contribution is -2.43. The second-order valence-electron chi connectivity index (χ2n) is 5.80. The summed E-state index contributed by atoms with van der Waals surface area (Å²) in [5, 5.41) is 0.232. The third-order valence-electron chi connectivity index (χ3n) is 3.30. The van der Waals surface area contributed by atoms with Crippen molar-refractivity contribution in [3.05, 3.63) is 25.3 Å². The van der Waals surface area contributed by atoms with Crippen LogP contribution in [0.15, 0.2) is 25.3 Å². The molecule has 0 aromatic rings. The van der Waals surface area contributed by atoms with E-state index in [0.29, 0.717) is 13.2 Å². The molecular formula is C14H28O2Si. The summed E-state index contributed by atoms with van der Waals surface area (Å²) in [5.74, 6) is 0. The predicted molar refractivity (Wildman–Crippen MR) is 77.9 cm³/mol. The van der Waals surface area contributed by atoms with E-state index in [1.54, 1.807) is 6.08 Å². The summed E-state index contributed by atoms with van der Waals surface area (Å²) in [6.07, 6.45) is 4.61. The Hall–Kier alpha value is -0.383. The van der Waals surface area contributed by atoms with Crippen molar-refractivity contribution in [3.63, 3.8) is 0 Å². The SMILES string of the molecule is C=CCOCC[C@H](C=C)O[Si](C)(C)C(C)(C)C. The monoisotopic (exact) mass is 256 g/mol. The van der Waals surface area contributed by atoms with Crippen LogP contribution in [-0.4, -0.2) is 27.6 Å². The summed E-state index contributed by atoms with van der Waals surface area (Å²) >= 11 is 0. The topological polar surface area (TPSA) is 18.5 Å². The van der Waals surface area contributed by atoms with Crippen LogP contribution in [0.4, 0.5) is 0 Å². The quantitative estimate of drug-likeness (QED) is 0.369. The fourth-order valence-corrected chi connectivity index (χ4v) is 2.47. The van der Waals surface area contributed by atoms with Crippen LogP contribution in [0.5, 0.6) is 0 Å². The Kier molecular flexibility index (Phi) is 6.98. The van der Waals surface area contributed by atoms with Gasteiger partial charge in [-0.25, -0.2) is 0 Å². The standard InChI is InChI=1S/C14H28O2Si/c1-8-11-15-12-10-13(9-2)16-17(6,7)14(3,4)5/h8-9,13H,1-2,10-12H2,3-7H3/t13-/m0/s1. The van der Waals surface area contributed by atoms with Crippen LogP contribution in [0.25, 0.3) is 0 Å². The molecule has 2 nitrogen and oxygen atoms in total. The Morgan fingerprint density at radius 2 is 1.82 bits per heavy atom. The molecule has 0 N–H and O–H groups in total. The zero-order chi connectivity index (χ0) is 13.5. The molecule has 0 rings (SSSR count). The Bertz CT molecular complexity index is 241. The molecule has 0 saturated heterocycles. The van der Waals surface area contributed by atoms with Crippen LogP contribution in [0.2, 0.25) is 18.1 Å². The second kappa shape index (κ2) is 7.14. The Morgan fingerprint density at radius 3 is 2.24 bits per heavy atom. The number of hydrogen-bond donors (Lipinski definition) is 0. The van der Waals surface area contributed by atoms with Crippen LogP contribution in [0, 0.1) is 0 Å². The molecule has 0 fully saturated rings. The number of rotatable bonds is 8. The number of hydrogen-bond acceptors (Lipinski definition) is 2. The van der Waals surface area contributed by atoms with E-state index in [2.05, 4.69) is 47.0 Å². The van der Waals surface area contributed by atoms with Gasteiger partial charge in [-0.3, -0.25) is 0 Å². The van der Waals surface area contributed by atoms with Gasteiger partial charge in [-0.15, -0.1) is 13.2 Å². The Morgan fingerprint density at radius 1 is 1.24 bits per heavy atom. The molecule has 0 radical (unpaired) electrons. The molecule has 0 bridgehead atoms. The van der Waals surface area contributed by atoms with Gasteiger partial charge in [0.15, 0.2) is 8.32 Å². The summed E-state index contributed by atoms with van der Waals surface area (Å²) in [6, 6.07) is 0. The van der Waals surface area contributed by atoms with Crippen molar-refractivity contribution in [2.45, 2.75) is 51.4 Å². The van der Waals surface area contributed by atoms with Gasteiger partial charge in [0.25, 0.3) is 0 Å². The predicted octanol–water partition coefficient (Wildman–Crippen LogP) is 4.16. The van der Waals surface area contributed by atoms with Crippen LogP contribution in [0.3, 0.4) is 0 Å². The summed E-state index contributed by atoms with van der Waals surface area (Å²) in [4.78, 5) is 0. The van der Waals surface area contributed by atoms with Gasteiger partial charge in [0, 0.05) is 6.61 Å². The van der Waals surface area contributed by atoms with Crippen molar-refractivity contribution in [1.29, 1.82) is 0 Å². The highest BCUT2D eigenvalue weighted by Crippen LogP contribution is 2.37. The van der Waals surface area contributed by atoms with E-state index in [1.807, 2.05) is 6.08 Å². The van der Waals surface area contributed by atoms with E-state index < -0.39 is 8.32 Å². The molecule has 100 valence electrons. The van der Waals surface area contributed by atoms with E-state index in [-0.39, 0.29) is 11.1 Å². The minimum atomic E-state index is -1.70. The molecule has 0 spiro atoms. The molecule has 0 amide bonds. The first-order chi connectivity index (χ1) is 7.74. The molecule has 0 aromatic carbocycles. The maximum atomic E-state index is 6.25. The van der Waals surface area contributed by atoms with E-state index in [4.69, 9.17) is 9.16 Å². The molecule has 17 heavy (non-hydrogen) atoms. The maximum absolute atomic E-state index is 6.25. The van der Waals surface area contributed by atoms with E-state index in [9.17, 15) is 0 Å². The number of ether oxygens (including phenoxy) is 1. The molecule has 0 aliphatic heterocycles. The zero-order valence-electron chi connectivity index (χ0n) is 12.1. The smallest absolute Gasteiger partial charge is 0.192 e. The van der Waals surface area contributed by atoms with E-state index >= 15 is 0 Å². The van der Waals surface area contributed by atoms with Gasteiger partial charge in [0.05, 0.1) is 12.7 Å². The minimum Gasteiger partial charge on any atom is -0.410 e. The van der Waals surface area contributed by atoms with Crippen molar-refractivity contribution in [3.8, 4) is 0 Å². The molecule has 3 heteroatoms. The Labute approximate surface area is 108 Å². The van der Waals surface area contributed by atoms with Crippen molar-refractivity contribution >= 4 is 8.32 Å². The molecular weight excluding hydrogens is 228 g/mol. The lowest BCUT2D eigenvalue weighted by molar-refractivity contribution is 0.120. The third-order valence-corrected chi connectivity index (χ3v) is 7.80. The molecule has 0 heterocycles. The van der Waals surface area contributed by atoms with Crippen LogP contribution >= 0.6 is 0 Å². The molecule has 0 aliphatic carbocycles. The highest BCUT2D eigenvalue weighted by molar-refractivity contribution is 6.74. The molecule has 0 aromatic heterocycles. The van der Waals surface area contributed by atoms with Crippen molar-refractivity contribution in [2.24, 2.45) is 0 Å². The van der Waals surface area contributed by atoms with Crippen molar-refractivity contribution in [1.82, 2.24) is 0 Å². The van der Waals surface area contributed by atoms with Crippen LogP contribution in [-0.2, 0) is 9.16 Å². The van der Waals surface area contributed by atoms with Gasteiger partial charge in [0.2, 0.25) is 0 Å². The van der Waals surface area contributed by atoms with Crippen LogP contribution in [0.1, 0.15) is 27.2 Å². The fraction of sp³-hybridized carbons (Fsp3) is 0.714. The Balaban J connectivity index is 4.21. The van der Waals surface area contributed by atoms with Crippen molar-refractivity contribution in [2.75, 3.05) is 13.2 Å². The average molecular weight is 256 g/mol.